The average molecular weight is 224 g/mol. The molecule has 1 N–H and O–H groups in total. The minimum absolute atomic E-state index is 0.275. The van der Waals surface area contributed by atoms with Gasteiger partial charge in [0, 0.05) is 0 Å². The fraction of sp³-hybridized carbons (Fsp3) is 0.571. The molecular formula is C14H21FO. The number of rotatable bonds is 7. The van der Waals surface area contributed by atoms with Crippen molar-refractivity contribution >= 4 is 0 Å². The molecule has 1 rings (SSSR count). The summed E-state index contributed by atoms with van der Waals surface area (Å²) in [5, 5.41) is 9.83. The van der Waals surface area contributed by atoms with Gasteiger partial charge in [-0.15, -0.1) is 0 Å². The van der Waals surface area contributed by atoms with Gasteiger partial charge in [-0.2, -0.15) is 0 Å². The molecule has 1 unspecified atom stereocenters. The lowest BCUT2D eigenvalue weighted by molar-refractivity contribution is 0.163. The number of aliphatic hydroxyl groups is 1. The summed E-state index contributed by atoms with van der Waals surface area (Å²) in [6.45, 7) is 2.18. The molecule has 0 aliphatic heterocycles. The second kappa shape index (κ2) is 7.39. The maximum absolute atomic E-state index is 12.9. The SMILES string of the molecule is CCCCCCCC(O)c1cccc(F)c1. The van der Waals surface area contributed by atoms with Gasteiger partial charge in [-0.25, -0.2) is 4.39 Å². The van der Waals surface area contributed by atoms with Crippen LogP contribution in [0, 0.1) is 5.82 Å². The molecule has 0 fully saturated rings. The fourth-order valence-corrected chi connectivity index (χ4v) is 1.82. The van der Waals surface area contributed by atoms with Gasteiger partial charge in [-0.1, -0.05) is 51.2 Å². The van der Waals surface area contributed by atoms with Crippen LogP contribution < -0.4 is 0 Å². The maximum atomic E-state index is 12.9. The summed E-state index contributed by atoms with van der Waals surface area (Å²) in [5.41, 5.74) is 0.690. The summed E-state index contributed by atoms with van der Waals surface area (Å²) < 4.78 is 12.9. The van der Waals surface area contributed by atoms with E-state index in [1.807, 2.05) is 0 Å². The van der Waals surface area contributed by atoms with E-state index in [0.717, 1.165) is 19.3 Å². The lowest BCUT2D eigenvalue weighted by Crippen LogP contribution is -1.97. The van der Waals surface area contributed by atoms with Crippen LogP contribution >= 0.6 is 0 Å². The van der Waals surface area contributed by atoms with Gasteiger partial charge in [0.1, 0.15) is 5.82 Å². The van der Waals surface area contributed by atoms with E-state index in [9.17, 15) is 9.50 Å². The molecule has 0 radical (unpaired) electrons. The molecule has 0 bridgehead atoms. The highest BCUT2D eigenvalue weighted by molar-refractivity contribution is 5.18. The maximum Gasteiger partial charge on any atom is 0.123 e. The van der Waals surface area contributed by atoms with Crippen molar-refractivity contribution in [1.82, 2.24) is 0 Å². The highest BCUT2D eigenvalue weighted by atomic mass is 19.1. The van der Waals surface area contributed by atoms with Crippen molar-refractivity contribution in [2.24, 2.45) is 0 Å². The van der Waals surface area contributed by atoms with Crippen LogP contribution in [0.25, 0.3) is 0 Å². The molecule has 90 valence electrons. The molecule has 0 amide bonds. The van der Waals surface area contributed by atoms with Gasteiger partial charge in [0.2, 0.25) is 0 Å². The predicted molar refractivity (Wildman–Crippen MR) is 64.7 cm³/mol. The van der Waals surface area contributed by atoms with E-state index >= 15 is 0 Å². The third-order valence-electron chi connectivity index (χ3n) is 2.81. The standard InChI is InChI=1S/C14H21FO/c1-2-3-4-5-6-10-14(16)12-8-7-9-13(15)11-12/h7-9,11,14,16H,2-6,10H2,1H3. The molecule has 0 aliphatic rings. The molecule has 0 aromatic heterocycles. The Hall–Kier alpha value is -0.890. The Labute approximate surface area is 97.3 Å². The van der Waals surface area contributed by atoms with Crippen molar-refractivity contribution in [3.8, 4) is 0 Å². The number of unbranched alkanes of at least 4 members (excludes halogenated alkanes) is 4. The minimum Gasteiger partial charge on any atom is -0.388 e. The lowest BCUT2D eigenvalue weighted by atomic mass is 10.0. The van der Waals surface area contributed by atoms with Gasteiger partial charge in [-0.05, 0) is 24.1 Å². The Bertz CT molecular complexity index is 299. The smallest absolute Gasteiger partial charge is 0.123 e. The molecule has 0 heterocycles. The van der Waals surface area contributed by atoms with Crippen LogP contribution in [0.5, 0.6) is 0 Å². The van der Waals surface area contributed by atoms with Crippen LogP contribution in [0.1, 0.15) is 57.1 Å². The molecule has 1 nitrogen and oxygen atoms in total. The van der Waals surface area contributed by atoms with Crippen molar-refractivity contribution in [1.29, 1.82) is 0 Å². The largest absolute Gasteiger partial charge is 0.388 e. The lowest BCUT2D eigenvalue weighted by Gasteiger charge is -2.10. The van der Waals surface area contributed by atoms with Crippen molar-refractivity contribution in [2.45, 2.75) is 51.6 Å². The van der Waals surface area contributed by atoms with Crippen molar-refractivity contribution in [3.05, 3.63) is 35.6 Å². The van der Waals surface area contributed by atoms with Gasteiger partial charge >= 0.3 is 0 Å². The molecular weight excluding hydrogens is 203 g/mol. The number of hydrogen-bond acceptors (Lipinski definition) is 1. The first-order valence-electron chi connectivity index (χ1n) is 6.17. The summed E-state index contributed by atoms with van der Waals surface area (Å²) in [6, 6.07) is 6.24. The number of hydrogen-bond donors (Lipinski definition) is 1. The minimum atomic E-state index is -0.516. The number of aliphatic hydroxyl groups excluding tert-OH is 1. The van der Waals surface area contributed by atoms with Crippen molar-refractivity contribution in [2.75, 3.05) is 0 Å². The first-order chi connectivity index (χ1) is 7.74. The van der Waals surface area contributed by atoms with Crippen LogP contribution in [-0.4, -0.2) is 5.11 Å². The summed E-state index contributed by atoms with van der Waals surface area (Å²) in [7, 11) is 0. The zero-order valence-corrected chi connectivity index (χ0v) is 9.95. The van der Waals surface area contributed by atoms with Crippen LogP contribution in [-0.2, 0) is 0 Å². The van der Waals surface area contributed by atoms with E-state index in [4.69, 9.17) is 0 Å². The number of halogens is 1. The van der Waals surface area contributed by atoms with E-state index in [-0.39, 0.29) is 5.82 Å². The van der Waals surface area contributed by atoms with E-state index in [1.165, 1.54) is 31.4 Å². The zero-order chi connectivity index (χ0) is 11.8. The summed E-state index contributed by atoms with van der Waals surface area (Å²) in [6.07, 6.45) is 6.09. The average Bonchev–Trinajstić information content (AvgIpc) is 2.28. The van der Waals surface area contributed by atoms with Gasteiger partial charge in [0.25, 0.3) is 0 Å². The second-order valence-electron chi connectivity index (χ2n) is 4.27. The molecule has 0 saturated heterocycles. The van der Waals surface area contributed by atoms with Gasteiger partial charge in [0.15, 0.2) is 0 Å². The molecule has 2 heteroatoms. The zero-order valence-electron chi connectivity index (χ0n) is 9.95. The fourth-order valence-electron chi connectivity index (χ4n) is 1.82. The monoisotopic (exact) mass is 224 g/mol. The predicted octanol–water partition coefficient (Wildman–Crippen LogP) is 4.22. The van der Waals surface area contributed by atoms with Crippen LogP contribution in [0.3, 0.4) is 0 Å². The molecule has 1 aromatic rings. The Kier molecular flexibility index (Phi) is 6.09. The van der Waals surface area contributed by atoms with Crippen LogP contribution in [0.4, 0.5) is 4.39 Å². The van der Waals surface area contributed by atoms with E-state index in [2.05, 4.69) is 6.92 Å². The molecule has 1 atom stereocenters. The Morgan fingerprint density at radius 3 is 2.62 bits per heavy atom. The first kappa shape index (κ1) is 13.2. The summed E-state index contributed by atoms with van der Waals surface area (Å²) in [4.78, 5) is 0. The van der Waals surface area contributed by atoms with E-state index < -0.39 is 6.10 Å². The van der Waals surface area contributed by atoms with Crippen LogP contribution in [0.2, 0.25) is 0 Å². The van der Waals surface area contributed by atoms with Crippen molar-refractivity contribution < 1.29 is 9.50 Å². The molecule has 0 aliphatic carbocycles. The number of benzene rings is 1. The molecule has 16 heavy (non-hydrogen) atoms. The molecule has 0 spiro atoms. The third kappa shape index (κ3) is 4.75. The third-order valence-corrected chi connectivity index (χ3v) is 2.81. The topological polar surface area (TPSA) is 20.2 Å². The normalized spacial score (nSPS) is 12.7. The van der Waals surface area contributed by atoms with E-state index in [0.29, 0.717) is 5.56 Å². The molecule has 0 saturated carbocycles. The molecule has 1 aromatic carbocycles. The highest BCUT2D eigenvalue weighted by Gasteiger charge is 2.07. The van der Waals surface area contributed by atoms with Crippen LogP contribution in [0.15, 0.2) is 24.3 Å². The second-order valence-corrected chi connectivity index (χ2v) is 4.27. The van der Waals surface area contributed by atoms with Gasteiger partial charge in [-0.3, -0.25) is 0 Å². The summed E-state index contributed by atoms with van der Waals surface area (Å²) >= 11 is 0. The Balaban J connectivity index is 2.27. The highest BCUT2D eigenvalue weighted by Crippen LogP contribution is 2.20. The van der Waals surface area contributed by atoms with Crippen molar-refractivity contribution in [3.63, 3.8) is 0 Å². The Morgan fingerprint density at radius 2 is 1.94 bits per heavy atom. The Morgan fingerprint density at radius 1 is 1.19 bits per heavy atom. The first-order valence-corrected chi connectivity index (χ1v) is 6.17. The van der Waals surface area contributed by atoms with E-state index in [1.54, 1.807) is 12.1 Å². The van der Waals surface area contributed by atoms with Gasteiger partial charge < -0.3 is 5.11 Å². The van der Waals surface area contributed by atoms with Gasteiger partial charge in [0.05, 0.1) is 6.10 Å². The quantitative estimate of drug-likeness (QED) is 0.687. The summed E-state index contributed by atoms with van der Waals surface area (Å²) in [5.74, 6) is -0.275.